The molecule has 42 heavy (non-hydrogen) atoms. The summed E-state index contributed by atoms with van der Waals surface area (Å²) in [6.45, 7) is 4.96. The molecule has 2 amide bonds. The Hall–Kier alpha value is -4.25. The molecular weight excluding hydrogens is 558 g/mol. The second-order valence-electron chi connectivity index (χ2n) is 9.82. The maximum atomic E-state index is 14.2. The molecule has 11 heteroatoms. The Morgan fingerprint density at radius 1 is 0.857 bits per heavy atom. The number of para-hydroxylation sites is 2. The Morgan fingerprint density at radius 2 is 1.52 bits per heavy atom. The molecule has 3 rings (SSSR count). The monoisotopic (exact) mass is 597 g/mol. The van der Waals surface area contributed by atoms with Crippen molar-refractivity contribution < 1.29 is 32.2 Å². The number of rotatable bonds is 14. The predicted molar refractivity (Wildman–Crippen MR) is 161 cm³/mol. The first-order valence-corrected chi connectivity index (χ1v) is 15.0. The van der Waals surface area contributed by atoms with Crippen molar-refractivity contribution in [2.75, 3.05) is 32.2 Å². The highest BCUT2D eigenvalue weighted by Crippen LogP contribution is 2.33. The van der Waals surface area contributed by atoms with Crippen molar-refractivity contribution in [3.63, 3.8) is 0 Å². The number of hydrogen-bond donors (Lipinski definition) is 1. The van der Waals surface area contributed by atoms with Crippen LogP contribution in [0.4, 0.5) is 5.69 Å². The van der Waals surface area contributed by atoms with Crippen LogP contribution in [0.1, 0.15) is 32.8 Å². The fourth-order valence-corrected chi connectivity index (χ4v) is 5.92. The number of nitrogens with zero attached hydrogens (tertiary/aromatic N) is 2. The van der Waals surface area contributed by atoms with Crippen LogP contribution in [0.15, 0.2) is 77.7 Å². The Bertz CT molecular complexity index is 1460. The number of sulfonamides is 1. The SMILES string of the molecule is CC[C@H](C(=O)NC(C)C)N(Cc1cccc(OC)c1)C(=O)CN(c1ccccc1OC)S(=O)(=O)c1ccc(OC)cc1. The number of carbonyl (C=O) groups excluding carboxylic acids is 2. The molecule has 0 aliphatic heterocycles. The highest BCUT2D eigenvalue weighted by Gasteiger charge is 2.35. The van der Waals surface area contributed by atoms with Crippen molar-refractivity contribution in [1.29, 1.82) is 0 Å². The molecule has 0 radical (unpaired) electrons. The Morgan fingerprint density at radius 3 is 2.12 bits per heavy atom. The van der Waals surface area contributed by atoms with Gasteiger partial charge < -0.3 is 24.4 Å². The molecule has 0 saturated carbocycles. The molecule has 226 valence electrons. The number of anilines is 1. The van der Waals surface area contributed by atoms with E-state index in [9.17, 15) is 18.0 Å². The average Bonchev–Trinajstić information content (AvgIpc) is 2.99. The van der Waals surface area contributed by atoms with E-state index in [-0.39, 0.29) is 34.8 Å². The largest absolute Gasteiger partial charge is 0.497 e. The topological polar surface area (TPSA) is 114 Å². The highest BCUT2D eigenvalue weighted by molar-refractivity contribution is 7.92. The van der Waals surface area contributed by atoms with Gasteiger partial charge in [0.05, 0.1) is 31.9 Å². The van der Waals surface area contributed by atoms with Crippen LogP contribution >= 0.6 is 0 Å². The lowest BCUT2D eigenvalue weighted by atomic mass is 10.1. The molecular formula is C31H39N3O7S. The van der Waals surface area contributed by atoms with Crippen LogP contribution in [0.2, 0.25) is 0 Å². The molecule has 0 fully saturated rings. The van der Waals surface area contributed by atoms with E-state index in [2.05, 4.69) is 5.32 Å². The number of nitrogens with one attached hydrogen (secondary N) is 1. The molecule has 1 atom stereocenters. The van der Waals surface area contributed by atoms with Crippen molar-refractivity contribution in [2.24, 2.45) is 0 Å². The summed E-state index contributed by atoms with van der Waals surface area (Å²) >= 11 is 0. The fraction of sp³-hybridized carbons (Fsp3) is 0.355. The second kappa shape index (κ2) is 14.6. The molecule has 3 aromatic rings. The van der Waals surface area contributed by atoms with Gasteiger partial charge in [-0.1, -0.05) is 31.2 Å². The zero-order valence-corrected chi connectivity index (χ0v) is 25.7. The van der Waals surface area contributed by atoms with Gasteiger partial charge in [0, 0.05) is 12.6 Å². The summed E-state index contributed by atoms with van der Waals surface area (Å²) in [4.78, 5) is 28.9. The van der Waals surface area contributed by atoms with Crippen molar-refractivity contribution in [2.45, 2.75) is 50.7 Å². The first-order valence-electron chi connectivity index (χ1n) is 13.6. The summed E-state index contributed by atoms with van der Waals surface area (Å²) in [6.07, 6.45) is 0.314. The number of carbonyl (C=O) groups is 2. The van der Waals surface area contributed by atoms with Gasteiger partial charge in [-0.3, -0.25) is 13.9 Å². The standard InChI is InChI=1S/C31H39N3O7S/c1-7-27(31(36)32-22(2)3)33(20-23-11-10-12-25(19-23)40-5)30(35)21-34(28-13-8-9-14-29(28)41-6)42(37,38)26-17-15-24(39-4)16-18-26/h8-19,22,27H,7,20-21H2,1-6H3,(H,32,36)/t27-/m1/s1. The minimum Gasteiger partial charge on any atom is -0.497 e. The number of benzene rings is 3. The van der Waals surface area contributed by atoms with Crippen LogP contribution in [0.5, 0.6) is 17.2 Å². The molecule has 0 unspecified atom stereocenters. The first-order chi connectivity index (χ1) is 20.0. The lowest BCUT2D eigenvalue weighted by Crippen LogP contribution is -2.53. The molecule has 0 spiro atoms. The summed E-state index contributed by atoms with van der Waals surface area (Å²) in [5, 5.41) is 2.89. The summed E-state index contributed by atoms with van der Waals surface area (Å²) in [5.74, 6) is 0.459. The third-order valence-electron chi connectivity index (χ3n) is 6.58. The Labute approximate surface area is 248 Å². The van der Waals surface area contributed by atoms with E-state index in [0.29, 0.717) is 17.9 Å². The smallest absolute Gasteiger partial charge is 0.264 e. The summed E-state index contributed by atoms with van der Waals surface area (Å²) in [7, 11) is 0.192. The third-order valence-corrected chi connectivity index (χ3v) is 8.36. The van der Waals surface area contributed by atoms with Crippen molar-refractivity contribution >= 4 is 27.5 Å². The Balaban J connectivity index is 2.11. The second-order valence-corrected chi connectivity index (χ2v) is 11.7. The maximum absolute atomic E-state index is 14.2. The number of hydrogen-bond acceptors (Lipinski definition) is 7. The van der Waals surface area contributed by atoms with Gasteiger partial charge in [-0.05, 0) is 74.4 Å². The van der Waals surface area contributed by atoms with Gasteiger partial charge >= 0.3 is 0 Å². The molecule has 0 aliphatic carbocycles. The van der Waals surface area contributed by atoms with E-state index in [1.54, 1.807) is 49.6 Å². The molecule has 0 aromatic heterocycles. The molecule has 3 aromatic carbocycles. The van der Waals surface area contributed by atoms with Crippen molar-refractivity contribution in [3.05, 3.63) is 78.4 Å². The zero-order chi connectivity index (χ0) is 30.9. The van der Waals surface area contributed by atoms with Crippen LogP contribution in [0, 0.1) is 0 Å². The van der Waals surface area contributed by atoms with Crippen LogP contribution in [0.25, 0.3) is 0 Å². The molecule has 0 aliphatic rings. The van der Waals surface area contributed by atoms with E-state index in [0.717, 1.165) is 9.87 Å². The average molecular weight is 598 g/mol. The van der Waals surface area contributed by atoms with E-state index in [4.69, 9.17) is 14.2 Å². The van der Waals surface area contributed by atoms with Gasteiger partial charge in [-0.2, -0.15) is 0 Å². The van der Waals surface area contributed by atoms with Gasteiger partial charge in [0.2, 0.25) is 11.8 Å². The lowest BCUT2D eigenvalue weighted by molar-refractivity contribution is -0.140. The maximum Gasteiger partial charge on any atom is 0.264 e. The molecule has 10 nitrogen and oxygen atoms in total. The van der Waals surface area contributed by atoms with Crippen LogP contribution < -0.4 is 23.8 Å². The minimum atomic E-state index is -4.27. The predicted octanol–water partition coefficient (Wildman–Crippen LogP) is 4.24. The van der Waals surface area contributed by atoms with E-state index in [1.807, 2.05) is 26.8 Å². The molecule has 0 heterocycles. The number of methoxy groups -OCH3 is 3. The van der Waals surface area contributed by atoms with Crippen LogP contribution in [-0.2, 0) is 26.2 Å². The molecule has 0 saturated heterocycles. The van der Waals surface area contributed by atoms with Crippen LogP contribution in [0.3, 0.4) is 0 Å². The van der Waals surface area contributed by atoms with Gasteiger partial charge in [-0.15, -0.1) is 0 Å². The molecule has 1 N–H and O–H groups in total. The number of amides is 2. The number of ether oxygens (including phenoxy) is 3. The van der Waals surface area contributed by atoms with Gasteiger partial charge in [0.25, 0.3) is 10.0 Å². The van der Waals surface area contributed by atoms with E-state index >= 15 is 0 Å². The lowest BCUT2D eigenvalue weighted by Gasteiger charge is -2.34. The summed E-state index contributed by atoms with van der Waals surface area (Å²) < 4.78 is 45.2. The minimum absolute atomic E-state index is 0.0362. The summed E-state index contributed by atoms with van der Waals surface area (Å²) in [5.41, 5.74) is 0.908. The highest BCUT2D eigenvalue weighted by atomic mass is 32.2. The van der Waals surface area contributed by atoms with Gasteiger partial charge in [0.15, 0.2) is 0 Å². The fourth-order valence-electron chi connectivity index (χ4n) is 4.49. The first kappa shape index (κ1) is 32.3. The van der Waals surface area contributed by atoms with Gasteiger partial charge in [-0.25, -0.2) is 8.42 Å². The van der Waals surface area contributed by atoms with Crippen LogP contribution in [-0.4, -0.2) is 65.1 Å². The zero-order valence-electron chi connectivity index (χ0n) is 24.9. The molecule has 0 bridgehead atoms. The van der Waals surface area contributed by atoms with Crippen molar-refractivity contribution in [3.8, 4) is 17.2 Å². The normalized spacial score (nSPS) is 11.9. The van der Waals surface area contributed by atoms with E-state index < -0.39 is 28.5 Å². The van der Waals surface area contributed by atoms with Crippen molar-refractivity contribution in [1.82, 2.24) is 10.2 Å². The van der Waals surface area contributed by atoms with Gasteiger partial charge in [0.1, 0.15) is 29.8 Å². The quantitative estimate of drug-likeness (QED) is 0.296. The summed E-state index contributed by atoms with van der Waals surface area (Å²) in [6, 6.07) is 18.6. The Kier molecular flexibility index (Phi) is 11.2. The third kappa shape index (κ3) is 7.73. The van der Waals surface area contributed by atoms with E-state index in [1.165, 1.54) is 43.4 Å².